The predicted octanol–water partition coefficient (Wildman–Crippen LogP) is 5.51. The van der Waals surface area contributed by atoms with E-state index in [1.165, 1.54) is 16.7 Å². The molecule has 7 heteroatoms. The summed E-state index contributed by atoms with van der Waals surface area (Å²) in [6.45, 7) is 7.32. The zero-order valence-corrected chi connectivity index (χ0v) is 17.8. The summed E-state index contributed by atoms with van der Waals surface area (Å²) in [7, 11) is 2.03. The van der Waals surface area contributed by atoms with E-state index in [0.717, 1.165) is 35.0 Å². The lowest BCUT2D eigenvalue weighted by atomic mass is 10.0. The minimum absolute atomic E-state index is 0. The van der Waals surface area contributed by atoms with Crippen LogP contribution in [-0.2, 0) is 6.42 Å². The second kappa shape index (κ2) is 9.26. The Hall–Kier alpha value is -1.76. The number of aryl methyl sites for hydroxylation is 2. The molecule has 0 fully saturated rings. The highest BCUT2D eigenvalue weighted by atomic mass is 35.5. The molecule has 0 atom stereocenters. The van der Waals surface area contributed by atoms with Gasteiger partial charge in [-0.2, -0.15) is 0 Å². The number of nitrogens with zero attached hydrogens (tertiary/aromatic N) is 4. The third kappa shape index (κ3) is 4.90. The number of hydrogen-bond acceptors (Lipinski definition) is 5. The quantitative estimate of drug-likeness (QED) is 0.400. The van der Waals surface area contributed by atoms with E-state index < -0.39 is 0 Å². The van der Waals surface area contributed by atoms with E-state index in [9.17, 15) is 0 Å². The van der Waals surface area contributed by atoms with Crippen LogP contribution in [0.2, 0.25) is 0 Å². The van der Waals surface area contributed by atoms with Gasteiger partial charge in [0, 0.05) is 30.8 Å². The minimum atomic E-state index is 0. The maximum atomic E-state index is 4.74. The summed E-state index contributed by atoms with van der Waals surface area (Å²) in [6.07, 6.45) is 2.74. The molecule has 0 bridgehead atoms. The van der Waals surface area contributed by atoms with Gasteiger partial charge in [0.25, 0.3) is 0 Å². The minimum Gasteiger partial charge on any atom is -0.366 e. The molecule has 1 aromatic carbocycles. The Morgan fingerprint density at radius 2 is 1.96 bits per heavy atom. The first kappa shape index (κ1) is 20.6. The molecule has 0 aliphatic heterocycles. The monoisotopic (exact) mass is 406 g/mol. The van der Waals surface area contributed by atoms with Crippen LogP contribution in [0.25, 0.3) is 11.4 Å². The van der Waals surface area contributed by atoms with Crippen molar-refractivity contribution < 1.29 is 0 Å². The summed E-state index contributed by atoms with van der Waals surface area (Å²) in [6, 6.07) is 4.40. The second-order valence-corrected chi connectivity index (χ2v) is 7.72. The van der Waals surface area contributed by atoms with Gasteiger partial charge in [-0.05, 0) is 43.5 Å². The Kier molecular flexibility index (Phi) is 7.32. The molecule has 3 aromatic rings. The Labute approximate surface area is 169 Å². The first-order chi connectivity index (χ1) is 12.1. The van der Waals surface area contributed by atoms with Crippen molar-refractivity contribution in [2.45, 2.75) is 27.2 Å². The molecule has 0 aliphatic carbocycles. The average molecular weight is 407 g/mol. The van der Waals surface area contributed by atoms with Crippen molar-refractivity contribution >= 4 is 47.1 Å². The summed E-state index contributed by atoms with van der Waals surface area (Å²) in [4.78, 5) is 15.7. The van der Waals surface area contributed by atoms with Gasteiger partial charge in [-0.25, -0.2) is 15.0 Å². The van der Waals surface area contributed by atoms with Crippen molar-refractivity contribution in [2.75, 3.05) is 13.6 Å². The van der Waals surface area contributed by atoms with Crippen molar-refractivity contribution in [3.05, 3.63) is 50.1 Å². The third-order valence-electron chi connectivity index (χ3n) is 4.14. The summed E-state index contributed by atoms with van der Waals surface area (Å²) in [5.74, 6) is 0. The van der Waals surface area contributed by atoms with Crippen LogP contribution in [-0.4, -0.2) is 34.8 Å². The lowest BCUT2D eigenvalue weighted by Gasteiger charge is -2.11. The lowest BCUT2D eigenvalue weighted by molar-refractivity contribution is 0.552. The zero-order chi connectivity index (χ0) is 17.8. The van der Waals surface area contributed by atoms with E-state index in [1.807, 2.05) is 24.3 Å². The lowest BCUT2D eigenvalue weighted by Crippen LogP contribution is -2.14. The molecular formula is C19H23ClN4S2. The smallest absolute Gasteiger partial charge is 0.101 e. The molecule has 0 amide bonds. The maximum Gasteiger partial charge on any atom is 0.101 e. The molecule has 0 radical (unpaired) electrons. The van der Waals surface area contributed by atoms with E-state index in [1.54, 1.807) is 22.7 Å². The molecule has 2 aromatic heterocycles. The fraction of sp³-hybridized carbons (Fsp3) is 0.316. The van der Waals surface area contributed by atoms with E-state index in [4.69, 9.17) is 4.98 Å². The van der Waals surface area contributed by atoms with Crippen LogP contribution in [0.4, 0.5) is 5.69 Å². The van der Waals surface area contributed by atoms with Gasteiger partial charge in [0.15, 0.2) is 0 Å². The molecule has 138 valence electrons. The first-order valence-electron chi connectivity index (χ1n) is 8.24. The number of aromatic nitrogens is 2. The second-order valence-electron chi connectivity index (χ2n) is 6.06. The molecule has 3 rings (SSSR count). The Morgan fingerprint density at radius 1 is 1.15 bits per heavy atom. The highest BCUT2D eigenvalue weighted by Gasteiger charge is 2.10. The largest absolute Gasteiger partial charge is 0.366 e. The SMILES string of the molecule is CCN(C)C=Nc1cc(C)c(Cc2nc(-c3cscn3)cs2)cc1C.Cl. The standard InChI is InChI=1S/C19H22N4S2.ClH/c1-5-23(4)11-20-16-7-13(2)15(6-14(16)3)8-19-22-18(10-25-19)17-9-24-12-21-17;/h6-7,9-12H,5,8H2,1-4H3;1H. The highest BCUT2D eigenvalue weighted by molar-refractivity contribution is 7.10. The third-order valence-corrected chi connectivity index (χ3v) is 5.57. The van der Waals surface area contributed by atoms with Gasteiger partial charge in [-0.15, -0.1) is 35.1 Å². The summed E-state index contributed by atoms with van der Waals surface area (Å²) in [5.41, 5.74) is 8.56. The number of halogens is 1. The van der Waals surface area contributed by atoms with Crippen LogP contribution in [0, 0.1) is 13.8 Å². The van der Waals surface area contributed by atoms with Crippen LogP contribution in [0.15, 0.2) is 33.4 Å². The van der Waals surface area contributed by atoms with Crippen molar-refractivity contribution in [2.24, 2.45) is 4.99 Å². The van der Waals surface area contributed by atoms with Gasteiger partial charge in [0.2, 0.25) is 0 Å². The van der Waals surface area contributed by atoms with Gasteiger partial charge in [0.1, 0.15) is 11.4 Å². The summed E-state index contributed by atoms with van der Waals surface area (Å²) >= 11 is 3.29. The Balaban J connectivity index is 0.00000243. The number of thiazole rings is 2. The van der Waals surface area contributed by atoms with Crippen molar-refractivity contribution in [3.63, 3.8) is 0 Å². The van der Waals surface area contributed by atoms with Crippen LogP contribution >= 0.6 is 35.1 Å². The van der Waals surface area contributed by atoms with Gasteiger partial charge >= 0.3 is 0 Å². The van der Waals surface area contributed by atoms with E-state index in [0.29, 0.717) is 0 Å². The summed E-state index contributed by atoms with van der Waals surface area (Å²) in [5, 5.41) is 5.24. The first-order valence-corrected chi connectivity index (χ1v) is 10.1. The zero-order valence-electron chi connectivity index (χ0n) is 15.4. The molecule has 4 nitrogen and oxygen atoms in total. The highest BCUT2D eigenvalue weighted by Crippen LogP contribution is 2.27. The fourth-order valence-corrected chi connectivity index (χ4v) is 3.80. The maximum absolute atomic E-state index is 4.74. The van der Waals surface area contributed by atoms with Gasteiger partial charge < -0.3 is 4.90 Å². The normalized spacial score (nSPS) is 10.9. The van der Waals surface area contributed by atoms with E-state index >= 15 is 0 Å². The van der Waals surface area contributed by atoms with Crippen LogP contribution in [0.3, 0.4) is 0 Å². The summed E-state index contributed by atoms with van der Waals surface area (Å²) < 4.78 is 0. The molecule has 0 saturated carbocycles. The van der Waals surface area contributed by atoms with Crippen LogP contribution in [0.1, 0.15) is 28.6 Å². The topological polar surface area (TPSA) is 41.4 Å². The number of hydrogen-bond donors (Lipinski definition) is 0. The van der Waals surface area contributed by atoms with E-state index in [2.05, 4.69) is 53.2 Å². The van der Waals surface area contributed by atoms with Crippen molar-refractivity contribution in [3.8, 4) is 11.4 Å². The van der Waals surface area contributed by atoms with Crippen molar-refractivity contribution in [1.82, 2.24) is 14.9 Å². The molecule has 2 heterocycles. The molecule has 0 spiro atoms. The predicted molar refractivity (Wildman–Crippen MR) is 116 cm³/mol. The Bertz CT molecular complexity index is 872. The van der Waals surface area contributed by atoms with Gasteiger partial charge in [-0.3, -0.25) is 0 Å². The Morgan fingerprint density at radius 3 is 2.65 bits per heavy atom. The molecular weight excluding hydrogens is 384 g/mol. The molecule has 0 saturated heterocycles. The number of rotatable bonds is 6. The van der Waals surface area contributed by atoms with E-state index in [-0.39, 0.29) is 12.4 Å². The molecule has 0 N–H and O–H groups in total. The molecule has 26 heavy (non-hydrogen) atoms. The van der Waals surface area contributed by atoms with Crippen LogP contribution in [0.5, 0.6) is 0 Å². The fourth-order valence-electron chi connectivity index (χ4n) is 2.44. The van der Waals surface area contributed by atoms with Gasteiger partial charge in [0.05, 0.1) is 22.5 Å². The van der Waals surface area contributed by atoms with Crippen molar-refractivity contribution in [1.29, 1.82) is 0 Å². The number of benzene rings is 1. The molecule has 0 aliphatic rings. The van der Waals surface area contributed by atoms with Crippen LogP contribution < -0.4 is 0 Å². The van der Waals surface area contributed by atoms with Gasteiger partial charge in [-0.1, -0.05) is 6.07 Å². The average Bonchev–Trinajstić information content (AvgIpc) is 3.27. The molecule has 0 unspecified atom stereocenters. The number of aliphatic imine (C=N–C) groups is 1.